The Balaban J connectivity index is 0.00000121. The van der Waals surface area contributed by atoms with Crippen LogP contribution in [-0.2, 0) is 0 Å². The second kappa shape index (κ2) is 4.35. The van der Waals surface area contributed by atoms with E-state index in [2.05, 4.69) is 0 Å². The Labute approximate surface area is 76.5 Å². The Bertz CT molecular complexity index is 145. The standard InChI is InChI=1S/C7H13F2NO.ClH/c8-7(9)4-2-1-3-5(11)6(7)10;/h5-6,11H,1-4,10H2;1H. The molecular weight excluding hydrogens is 188 g/mol. The largest absolute Gasteiger partial charge is 0.391 e. The molecule has 1 aliphatic rings. The van der Waals surface area contributed by atoms with Gasteiger partial charge in [-0.3, -0.25) is 0 Å². The molecule has 0 spiro atoms. The summed E-state index contributed by atoms with van der Waals surface area (Å²) in [6.45, 7) is 0. The van der Waals surface area contributed by atoms with Crippen molar-refractivity contribution in [3.8, 4) is 0 Å². The molecule has 0 heterocycles. The van der Waals surface area contributed by atoms with Crippen molar-refractivity contribution in [3.63, 3.8) is 0 Å². The molecule has 2 unspecified atom stereocenters. The zero-order valence-corrected chi connectivity index (χ0v) is 7.49. The van der Waals surface area contributed by atoms with Crippen molar-refractivity contribution < 1.29 is 13.9 Å². The number of aliphatic hydroxyl groups is 1. The minimum Gasteiger partial charge on any atom is -0.391 e. The summed E-state index contributed by atoms with van der Waals surface area (Å²) >= 11 is 0. The van der Waals surface area contributed by atoms with E-state index in [1.165, 1.54) is 0 Å². The molecule has 2 nitrogen and oxygen atoms in total. The van der Waals surface area contributed by atoms with Crippen LogP contribution < -0.4 is 5.73 Å². The molecule has 5 heteroatoms. The molecule has 1 saturated carbocycles. The Kier molecular flexibility index (Phi) is 4.37. The van der Waals surface area contributed by atoms with Crippen molar-refractivity contribution in [2.45, 2.75) is 43.8 Å². The summed E-state index contributed by atoms with van der Waals surface area (Å²) in [6, 6.07) is -1.37. The average Bonchev–Trinajstić information content (AvgIpc) is 2.03. The second-order valence-electron chi connectivity index (χ2n) is 3.10. The van der Waals surface area contributed by atoms with Crippen LogP contribution >= 0.6 is 12.4 Å². The van der Waals surface area contributed by atoms with Gasteiger partial charge in [-0.15, -0.1) is 12.4 Å². The van der Waals surface area contributed by atoms with Gasteiger partial charge < -0.3 is 10.8 Å². The summed E-state index contributed by atoms with van der Waals surface area (Å²) in [6.07, 6.45) is 0.275. The summed E-state index contributed by atoms with van der Waals surface area (Å²) in [5, 5.41) is 9.09. The van der Waals surface area contributed by atoms with E-state index in [4.69, 9.17) is 10.8 Å². The molecule has 2 atom stereocenters. The van der Waals surface area contributed by atoms with Crippen LogP contribution in [0.15, 0.2) is 0 Å². The third kappa shape index (κ3) is 2.54. The van der Waals surface area contributed by atoms with Crippen molar-refractivity contribution in [3.05, 3.63) is 0 Å². The Morgan fingerprint density at radius 3 is 2.50 bits per heavy atom. The van der Waals surface area contributed by atoms with E-state index in [0.29, 0.717) is 19.3 Å². The normalized spacial score (nSPS) is 35.0. The Hall–Kier alpha value is 0.0700. The average molecular weight is 202 g/mol. The van der Waals surface area contributed by atoms with Gasteiger partial charge in [-0.2, -0.15) is 0 Å². The minimum absolute atomic E-state index is 0. The van der Waals surface area contributed by atoms with Crippen molar-refractivity contribution in [2.24, 2.45) is 5.73 Å². The quantitative estimate of drug-likeness (QED) is 0.581. The first kappa shape index (κ1) is 12.1. The molecule has 0 amide bonds. The summed E-state index contributed by atoms with van der Waals surface area (Å²) in [7, 11) is 0. The maximum Gasteiger partial charge on any atom is 0.265 e. The van der Waals surface area contributed by atoms with Gasteiger partial charge in [0.1, 0.15) is 0 Å². The number of alkyl halides is 2. The van der Waals surface area contributed by atoms with E-state index in [1.807, 2.05) is 0 Å². The highest BCUT2D eigenvalue weighted by atomic mass is 35.5. The molecule has 1 fully saturated rings. The molecule has 0 saturated heterocycles. The van der Waals surface area contributed by atoms with Gasteiger partial charge in [0.15, 0.2) is 0 Å². The number of nitrogens with two attached hydrogens (primary N) is 1. The van der Waals surface area contributed by atoms with Gasteiger partial charge in [-0.1, -0.05) is 6.42 Å². The molecule has 0 aromatic rings. The minimum atomic E-state index is -2.88. The van der Waals surface area contributed by atoms with Crippen LogP contribution in [0.25, 0.3) is 0 Å². The monoisotopic (exact) mass is 201 g/mol. The highest BCUT2D eigenvalue weighted by Gasteiger charge is 2.42. The third-order valence-electron chi connectivity index (χ3n) is 2.16. The lowest BCUT2D eigenvalue weighted by atomic mass is 10.0. The van der Waals surface area contributed by atoms with Crippen LogP contribution in [0.5, 0.6) is 0 Å². The van der Waals surface area contributed by atoms with Gasteiger partial charge in [0, 0.05) is 6.42 Å². The predicted octanol–water partition coefficient (Wildman–Crippen LogP) is 1.31. The molecular formula is C7H14ClF2NO. The zero-order valence-electron chi connectivity index (χ0n) is 6.67. The molecule has 74 valence electrons. The third-order valence-corrected chi connectivity index (χ3v) is 2.16. The second-order valence-corrected chi connectivity index (χ2v) is 3.10. The van der Waals surface area contributed by atoms with Crippen molar-refractivity contribution in [1.29, 1.82) is 0 Å². The number of rotatable bonds is 0. The number of hydrogen-bond donors (Lipinski definition) is 2. The topological polar surface area (TPSA) is 46.2 Å². The van der Waals surface area contributed by atoms with Crippen molar-refractivity contribution >= 4 is 12.4 Å². The van der Waals surface area contributed by atoms with E-state index in [-0.39, 0.29) is 18.8 Å². The maximum absolute atomic E-state index is 12.8. The van der Waals surface area contributed by atoms with Gasteiger partial charge in [-0.25, -0.2) is 8.78 Å². The fourth-order valence-electron chi connectivity index (χ4n) is 1.34. The van der Waals surface area contributed by atoms with Crippen LogP contribution in [0.1, 0.15) is 25.7 Å². The highest BCUT2D eigenvalue weighted by Crippen LogP contribution is 2.30. The fraction of sp³-hybridized carbons (Fsp3) is 1.00. The molecule has 0 aromatic heterocycles. The molecule has 0 radical (unpaired) electrons. The van der Waals surface area contributed by atoms with E-state index < -0.39 is 18.1 Å². The van der Waals surface area contributed by atoms with E-state index in [9.17, 15) is 8.78 Å². The Morgan fingerprint density at radius 2 is 1.92 bits per heavy atom. The van der Waals surface area contributed by atoms with Crippen LogP contribution in [0.4, 0.5) is 8.78 Å². The van der Waals surface area contributed by atoms with Crippen LogP contribution in [0.3, 0.4) is 0 Å². The lowest BCUT2D eigenvalue weighted by Crippen LogP contribution is -2.48. The fourth-order valence-corrected chi connectivity index (χ4v) is 1.34. The smallest absolute Gasteiger partial charge is 0.265 e. The first-order valence-corrected chi connectivity index (χ1v) is 3.85. The summed E-state index contributed by atoms with van der Waals surface area (Å²) < 4.78 is 25.6. The predicted molar refractivity (Wildman–Crippen MR) is 44.6 cm³/mol. The van der Waals surface area contributed by atoms with E-state index >= 15 is 0 Å². The van der Waals surface area contributed by atoms with Crippen LogP contribution in [0.2, 0.25) is 0 Å². The van der Waals surface area contributed by atoms with Gasteiger partial charge in [0.25, 0.3) is 5.92 Å². The zero-order chi connectivity index (χ0) is 8.48. The molecule has 1 aliphatic carbocycles. The van der Waals surface area contributed by atoms with E-state index in [0.717, 1.165) is 0 Å². The molecule has 12 heavy (non-hydrogen) atoms. The molecule has 0 aromatic carbocycles. The molecule has 0 bridgehead atoms. The van der Waals surface area contributed by atoms with E-state index in [1.54, 1.807) is 0 Å². The van der Waals surface area contributed by atoms with Crippen molar-refractivity contribution in [2.75, 3.05) is 0 Å². The first-order chi connectivity index (χ1) is 5.04. The summed E-state index contributed by atoms with van der Waals surface area (Å²) in [5.74, 6) is -2.88. The van der Waals surface area contributed by atoms with Gasteiger partial charge in [0.05, 0.1) is 12.1 Å². The van der Waals surface area contributed by atoms with Gasteiger partial charge in [-0.05, 0) is 12.8 Å². The highest BCUT2D eigenvalue weighted by molar-refractivity contribution is 5.85. The van der Waals surface area contributed by atoms with Crippen LogP contribution in [-0.4, -0.2) is 23.2 Å². The van der Waals surface area contributed by atoms with Crippen LogP contribution in [0, 0.1) is 0 Å². The molecule has 1 rings (SSSR count). The number of hydrogen-bond acceptors (Lipinski definition) is 2. The maximum atomic E-state index is 12.8. The van der Waals surface area contributed by atoms with Crippen molar-refractivity contribution in [1.82, 2.24) is 0 Å². The lowest BCUT2D eigenvalue weighted by Gasteiger charge is -2.23. The number of aliphatic hydroxyl groups excluding tert-OH is 1. The molecule has 3 N–H and O–H groups in total. The first-order valence-electron chi connectivity index (χ1n) is 3.85. The lowest BCUT2D eigenvalue weighted by molar-refractivity contribution is -0.0630. The summed E-state index contributed by atoms with van der Waals surface area (Å²) in [5.41, 5.74) is 5.16. The molecule has 0 aliphatic heterocycles. The van der Waals surface area contributed by atoms with Gasteiger partial charge in [0.2, 0.25) is 0 Å². The summed E-state index contributed by atoms with van der Waals surface area (Å²) in [4.78, 5) is 0. The SMILES string of the molecule is Cl.NC1C(O)CCCCC1(F)F. The Morgan fingerprint density at radius 1 is 1.33 bits per heavy atom. The number of halogens is 3. The van der Waals surface area contributed by atoms with Gasteiger partial charge >= 0.3 is 0 Å².